The molecular formula is C15H14F4N4O. The molecule has 24 heavy (non-hydrogen) atoms. The van der Waals surface area contributed by atoms with Gasteiger partial charge in [-0.15, -0.1) is 0 Å². The summed E-state index contributed by atoms with van der Waals surface area (Å²) in [6.07, 6.45) is -1.02. The van der Waals surface area contributed by atoms with Crippen LogP contribution in [-0.2, 0) is 16.8 Å². The van der Waals surface area contributed by atoms with Crippen LogP contribution in [-0.4, -0.2) is 26.8 Å². The maximum Gasteiger partial charge on any atom is 0.408 e. The Morgan fingerprint density at radius 3 is 2.71 bits per heavy atom. The average molecular weight is 342 g/mol. The van der Waals surface area contributed by atoms with E-state index in [4.69, 9.17) is 0 Å². The van der Waals surface area contributed by atoms with Gasteiger partial charge in [-0.3, -0.25) is 14.5 Å². The van der Waals surface area contributed by atoms with Gasteiger partial charge >= 0.3 is 6.18 Å². The summed E-state index contributed by atoms with van der Waals surface area (Å²) in [6, 6.07) is 2.65. The normalized spacial score (nSPS) is 16.0. The first-order valence-corrected chi connectivity index (χ1v) is 7.24. The molecule has 1 saturated carbocycles. The zero-order chi connectivity index (χ0) is 17.5. The van der Waals surface area contributed by atoms with Crippen LogP contribution < -0.4 is 5.32 Å². The fourth-order valence-corrected chi connectivity index (χ4v) is 2.58. The molecule has 0 aromatic carbocycles. The minimum absolute atomic E-state index is 0.0582. The number of pyridine rings is 1. The lowest BCUT2D eigenvalue weighted by atomic mass is 10.00. The van der Waals surface area contributed by atoms with Crippen molar-refractivity contribution in [3.05, 3.63) is 41.7 Å². The molecule has 1 aliphatic rings. The highest BCUT2D eigenvalue weighted by molar-refractivity contribution is 6.01. The topological polar surface area (TPSA) is 59.8 Å². The Balaban J connectivity index is 1.80. The van der Waals surface area contributed by atoms with Crippen LogP contribution in [0.3, 0.4) is 0 Å². The number of alkyl halides is 3. The van der Waals surface area contributed by atoms with Gasteiger partial charge in [0.25, 0.3) is 0 Å². The van der Waals surface area contributed by atoms with E-state index in [1.807, 2.05) is 0 Å². The number of carbonyl (C=O) groups excluding carboxylic acids is 1. The molecule has 128 valence electrons. The second-order valence-corrected chi connectivity index (χ2v) is 5.81. The van der Waals surface area contributed by atoms with Crippen molar-refractivity contribution in [2.24, 2.45) is 0 Å². The van der Waals surface area contributed by atoms with Gasteiger partial charge in [-0.05, 0) is 31.9 Å². The third-order valence-corrected chi connectivity index (χ3v) is 3.93. The lowest BCUT2D eigenvalue weighted by molar-refractivity contribution is -0.142. The van der Waals surface area contributed by atoms with Crippen LogP contribution in [0.4, 0.5) is 23.2 Å². The van der Waals surface area contributed by atoms with Crippen LogP contribution in [0.15, 0.2) is 24.5 Å². The van der Waals surface area contributed by atoms with Gasteiger partial charge in [0, 0.05) is 12.4 Å². The van der Waals surface area contributed by atoms with Gasteiger partial charge in [-0.2, -0.15) is 18.3 Å². The fraction of sp³-hybridized carbons (Fsp3) is 0.400. The van der Waals surface area contributed by atoms with Gasteiger partial charge in [0.15, 0.2) is 0 Å². The van der Waals surface area contributed by atoms with Gasteiger partial charge in [0.1, 0.15) is 12.4 Å². The minimum Gasteiger partial charge on any atom is -0.322 e. The summed E-state index contributed by atoms with van der Waals surface area (Å²) in [5.41, 5.74) is -0.580. The average Bonchev–Trinajstić information content (AvgIpc) is 3.20. The van der Waals surface area contributed by atoms with E-state index in [1.54, 1.807) is 0 Å². The molecule has 0 spiro atoms. The van der Waals surface area contributed by atoms with Gasteiger partial charge in [0.05, 0.1) is 22.5 Å². The lowest BCUT2D eigenvalue weighted by Crippen LogP contribution is -2.29. The number of nitrogens with zero attached hydrogens (tertiary/aromatic N) is 3. The first-order chi connectivity index (χ1) is 11.2. The SMILES string of the molecule is Cc1nn(CC(F)(F)F)cc1NC(=O)C1(c2ncccc2F)CC1. The third kappa shape index (κ3) is 3.10. The smallest absolute Gasteiger partial charge is 0.322 e. The number of halogens is 4. The molecule has 3 rings (SSSR count). The van der Waals surface area contributed by atoms with Crippen molar-refractivity contribution < 1.29 is 22.4 Å². The monoisotopic (exact) mass is 342 g/mol. The molecule has 5 nitrogen and oxygen atoms in total. The van der Waals surface area contributed by atoms with Crippen molar-refractivity contribution in [3.63, 3.8) is 0 Å². The number of hydrogen-bond acceptors (Lipinski definition) is 3. The summed E-state index contributed by atoms with van der Waals surface area (Å²) in [7, 11) is 0. The first-order valence-electron chi connectivity index (χ1n) is 7.24. The highest BCUT2D eigenvalue weighted by Gasteiger charge is 2.54. The quantitative estimate of drug-likeness (QED) is 0.869. The van der Waals surface area contributed by atoms with E-state index in [1.165, 1.54) is 25.3 Å². The summed E-state index contributed by atoms with van der Waals surface area (Å²) >= 11 is 0. The third-order valence-electron chi connectivity index (χ3n) is 3.93. The van der Waals surface area contributed by atoms with Crippen LogP contribution >= 0.6 is 0 Å². The van der Waals surface area contributed by atoms with Crippen LogP contribution in [0.1, 0.15) is 24.2 Å². The van der Waals surface area contributed by atoms with E-state index in [-0.39, 0.29) is 17.1 Å². The first kappa shape index (κ1) is 16.4. The molecule has 0 atom stereocenters. The predicted molar refractivity (Wildman–Crippen MR) is 76.8 cm³/mol. The number of aryl methyl sites for hydroxylation is 1. The molecule has 2 aromatic rings. The minimum atomic E-state index is -4.41. The molecule has 1 amide bonds. The molecule has 1 N–H and O–H groups in total. The van der Waals surface area contributed by atoms with E-state index in [0.717, 1.165) is 6.20 Å². The molecule has 1 aliphatic carbocycles. The largest absolute Gasteiger partial charge is 0.408 e. The highest BCUT2D eigenvalue weighted by Crippen LogP contribution is 2.49. The molecule has 0 unspecified atom stereocenters. The molecule has 9 heteroatoms. The number of aromatic nitrogens is 3. The molecule has 0 bridgehead atoms. The number of anilines is 1. The molecule has 1 fully saturated rings. The van der Waals surface area contributed by atoms with E-state index >= 15 is 0 Å². The van der Waals surface area contributed by atoms with Crippen molar-refractivity contribution in [3.8, 4) is 0 Å². The number of amides is 1. The Labute approximate surface area is 134 Å². The molecule has 0 aliphatic heterocycles. The van der Waals surface area contributed by atoms with Crippen LogP contribution in [0, 0.1) is 12.7 Å². The van der Waals surface area contributed by atoms with Crippen molar-refractivity contribution in [1.82, 2.24) is 14.8 Å². The Kier molecular flexibility index (Phi) is 3.81. The van der Waals surface area contributed by atoms with E-state index in [9.17, 15) is 22.4 Å². The standard InChI is InChI=1S/C15H14F4N4O/c1-9-11(7-23(22-9)8-15(17,18)19)21-13(24)14(4-5-14)12-10(16)3-2-6-20-12/h2-3,6-7H,4-5,8H2,1H3,(H,21,24). The maximum absolute atomic E-state index is 13.9. The Morgan fingerprint density at radius 1 is 1.42 bits per heavy atom. The molecule has 2 heterocycles. The summed E-state index contributed by atoms with van der Waals surface area (Å²) in [4.78, 5) is 16.5. The van der Waals surface area contributed by atoms with Gasteiger partial charge in [0.2, 0.25) is 5.91 Å². The molecule has 2 aromatic heterocycles. The van der Waals surface area contributed by atoms with Crippen molar-refractivity contribution >= 4 is 11.6 Å². The number of rotatable bonds is 4. The summed E-state index contributed by atoms with van der Waals surface area (Å²) in [5, 5.41) is 6.28. The lowest BCUT2D eigenvalue weighted by Gasteiger charge is -2.14. The molecule has 0 radical (unpaired) electrons. The van der Waals surface area contributed by atoms with Gasteiger partial charge in [-0.1, -0.05) is 0 Å². The van der Waals surface area contributed by atoms with E-state index < -0.39 is 29.9 Å². The Hall–Kier alpha value is -2.45. The zero-order valence-electron chi connectivity index (χ0n) is 12.7. The fourth-order valence-electron chi connectivity index (χ4n) is 2.58. The zero-order valence-corrected chi connectivity index (χ0v) is 12.7. The van der Waals surface area contributed by atoms with Gasteiger partial charge < -0.3 is 5.32 Å². The maximum atomic E-state index is 13.9. The number of nitrogens with one attached hydrogen (secondary N) is 1. The van der Waals surface area contributed by atoms with Gasteiger partial charge in [-0.25, -0.2) is 4.39 Å². The molecular weight excluding hydrogens is 328 g/mol. The Morgan fingerprint density at radius 2 is 2.12 bits per heavy atom. The summed E-state index contributed by atoms with van der Waals surface area (Å²) < 4.78 is 51.9. The van der Waals surface area contributed by atoms with Crippen molar-refractivity contribution in [1.29, 1.82) is 0 Å². The van der Waals surface area contributed by atoms with Crippen molar-refractivity contribution in [2.75, 3.05) is 5.32 Å². The van der Waals surface area contributed by atoms with Crippen LogP contribution in [0.2, 0.25) is 0 Å². The second-order valence-electron chi connectivity index (χ2n) is 5.81. The number of carbonyl (C=O) groups is 1. The van der Waals surface area contributed by atoms with Crippen LogP contribution in [0.5, 0.6) is 0 Å². The van der Waals surface area contributed by atoms with E-state index in [2.05, 4.69) is 15.4 Å². The van der Waals surface area contributed by atoms with Crippen LogP contribution in [0.25, 0.3) is 0 Å². The van der Waals surface area contributed by atoms with E-state index in [0.29, 0.717) is 17.5 Å². The number of hydrogen-bond donors (Lipinski definition) is 1. The second kappa shape index (κ2) is 5.57. The Bertz CT molecular complexity index is 780. The molecule has 0 saturated heterocycles. The summed E-state index contributed by atoms with van der Waals surface area (Å²) in [5.74, 6) is -1.07. The predicted octanol–water partition coefficient (Wildman–Crippen LogP) is 2.96. The highest BCUT2D eigenvalue weighted by atomic mass is 19.4. The summed E-state index contributed by atoms with van der Waals surface area (Å²) in [6.45, 7) is 0.243. The van der Waals surface area contributed by atoms with Crippen molar-refractivity contribution in [2.45, 2.75) is 37.9 Å².